The van der Waals surface area contributed by atoms with Gasteiger partial charge in [0.1, 0.15) is 5.65 Å². The highest BCUT2D eigenvalue weighted by atomic mass is 127. The van der Waals surface area contributed by atoms with E-state index in [9.17, 15) is 9.18 Å². The average Bonchev–Trinajstić information content (AvgIpc) is 3.21. The number of hydrogen-bond donors (Lipinski definition) is 3. The fraction of sp³-hybridized carbons (Fsp3) is 0.429. The number of carbonyl (C=O) groups excluding carboxylic acids is 1. The smallest absolute Gasteiger partial charge is 0.318 e. The maximum Gasteiger partial charge on any atom is 0.318 e. The van der Waals surface area contributed by atoms with Gasteiger partial charge in [0.2, 0.25) is 0 Å². The number of rotatable bonds is 6. The molecule has 1 aliphatic heterocycles. The predicted octanol–water partition coefficient (Wildman–Crippen LogP) is 3.32. The van der Waals surface area contributed by atoms with E-state index in [1.165, 1.54) is 0 Å². The first-order valence-electron chi connectivity index (χ1n) is 10.4. The van der Waals surface area contributed by atoms with E-state index in [-0.39, 0.29) is 23.9 Å². The number of urea groups is 1. The Morgan fingerprint density at radius 2 is 2.25 bits per heavy atom. The molecule has 0 aromatic carbocycles. The maximum atomic E-state index is 14.5. The quantitative estimate of drug-likeness (QED) is 0.320. The largest absolute Gasteiger partial charge is 0.377 e. The van der Waals surface area contributed by atoms with Crippen molar-refractivity contribution in [1.82, 2.24) is 30.2 Å². The number of carbonyl (C=O) groups is 1. The van der Waals surface area contributed by atoms with Gasteiger partial charge in [-0.25, -0.2) is 24.1 Å². The highest BCUT2D eigenvalue weighted by Gasteiger charge is 2.28. The van der Waals surface area contributed by atoms with Crippen molar-refractivity contribution in [3.63, 3.8) is 0 Å². The lowest BCUT2D eigenvalue weighted by Gasteiger charge is -2.36. The normalized spacial score (nSPS) is 16.5. The number of amides is 2. The molecule has 0 aliphatic carbocycles. The number of hydrogen-bond acceptors (Lipinski definition) is 6. The van der Waals surface area contributed by atoms with Gasteiger partial charge in [0.05, 0.1) is 25.5 Å². The lowest BCUT2D eigenvalue weighted by molar-refractivity contribution is 0.0166. The summed E-state index contributed by atoms with van der Waals surface area (Å²) in [6, 6.07) is 1.66. The molecule has 32 heavy (non-hydrogen) atoms. The van der Waals surface area contributed by atoms with Crippen molar-refractivity contribution in [2.75, 3.05) is 31.6 Å². The fourth-order valence-electron chi connectivity index (χ4n) is 3.56. The summed E-state index contributed by atoms with van der Waals surface area (Å²) in [4.78, 5) is 30.4. The van der Waals surface area contributed by atoms with Crippen LogP contribution in [0.3, 0.4) is 0 Å². The molecule has 4 heterocycles. The number of halogens is 2. The van der Waals surface area contributed by atoms with E-state index in [1.807, 2.05) is 26.1 Å². The molecule has 0 bridgehead atoms. The van der Waals surface area contributed by atoms with Gasteiger partial charge in [-0.3, -0.25) is 0 Å². The van der Waals surface area contributed by atoms with Gasteiger partial charge in [-0.05, 0) is 25.5 Å². The molecule has 1 atom stereocenters. The van der Waals surface area contributed by atoms with Crippen molar-refractivity contribution in [2.45, 2.75) is 30.4 Å². The number of alkyl halides is 1. The standard InChI is InChI=1S/C21H25FIN7O2/c1-12(2)28-21(31)30-3-4-32-11-14(30)8-25-20-17(22)10-27-19(29-20)16-9-26-18-15(16)5-13(6-23)7-24-18/h5,7,9-10,12,14H,3-4,6,8,11H2,1-2H3,(H,24,26)(H,28,31)(H,25,27,29). The molecule has 0 spiro atoms. The third-order valence-corrected chi connectivity index (χ3v) is 6.01. The van der Waals surface area contributed by atoms with Gasteiger partial charge in [-0.1, -0.05) is 22.6 Å². The van der Waals surface area contributed by atoms with Crippen LogP contribution in [0.5, 0.6) is 0 Å². The van der Waals surface area contributed by atoms with Crippen molar-refractivity contribution >= 4 is 45.5 Å². The number of anilines is 1. The first-order valence-corrected chi connectivity index (χ1v) is 11.9. The van der Waals surface area contributed by atoms with Crippen LogP contribution in [-0.2, 0) is 9.16 Å². The van der Waals surface area contributed by atoms with E-state index in [0.29, 0.717) is 32.1 Å². The third kappa shape index (κ3) is 4.93. The van der Waals surface area contributed by atoms with Crippen molar-refractivity contribution in [1.29, 1.82) is 0 Å². The Kier molecular flexibility index (Phi) is 7.04. The molecule has 1 fully saturated rings. The van der Waals surface area contributed by atoms with Crippen molar-refractivity contribution in [3.8, 4) is 11.4 Å². The van der Waals surface area contributed by atoms with E-state index in [0.717, 1.165) is 32.8 Å². The molecule has 3 N–H and O–H groups in total. The highest BCUT2D eigenvalue weighted by molar-refractivity contribution is 14.1. The number of aromatic nitrogens is 4. The number of nitrogens with one attached hydrogen (secondary N) is 3. The van der Waals surface area contributed by atoms with Crippen LogP contribution in [0.4, 0.5) is 15.0 Å². The predicted molar refractivity (Wildman–Crippen MR) is 128 cm³/mol. The summed E-state index contributed by atoms with van der Waals surface area (Å²) >= 11 is 2.28. The molecule has 4 rings (SSSR count). The van der Waals surface area contributed by atoms with Crippen molar-refractivity contribution in [3.05, 3.63) is 36.0 Å². The summed E-state index contributed by atoms with van der Waals surface area (Å²) in [5.74, 6) is -0.0893. The first-order chi connectivity index (χ1) is 15.5. The molecule has 1 aliphatic rings. The van der Waals surface area contributed by atoms with Crippen LogP contribution in [0.25, 0.3) is 22.4 Å². The zero-order chi connectivity index (χ0) is 22.7. The Bertz CT molecular complexity index is 1110. The van der Waals surface area contributed by atoms with Gasteiger partial charge >= 0.3 is 6.03 Å². The van der Waals surface area contributed by atoms with E-state index in [4.69, 9.17) is 4.74 Å². The van der Waals surface area contributed by atoms with Crippen LogP contribution < -0.4 is 10.6 Å². The van der Waals surface area contributed by atoms with Gasteiger partial charge in [-0.15, -0.1) is 0 Å². The number of morpholine rings is 1. The molecule has 1 unspecified atom stereocenters. The Labute approximate surface area is 198 Å². The molecular weight excluding hydrogens is 528 g/mol. The molecule has 2 amide bonds. The summed E-state index contributed by atoms with van der Waals surface area (Å²) in [7, 11) is 0. The van der Waals surface area contributed by atoms with E-state index < -0.39 is 5.82 Å². The number of ether oxygens (including phenoxy) is 1. The molecule has 3 aromatic rings. The molecule has 3 aromatic heterocycles. The van der Waals surface area contributed by atoms with Gasteiger partial charge in [0, 0.05) is 46.9 Å². The second kappa shape index (κ2) is 9.94. The minimum atomic E-state index is -0.561. The van der Waals surface area contributed by atoms with Crippen molar-refractivity contribution < 1.29 is 13.9 Å². The summed E-state index contributed by atoms with van der Waals surface area (Å²) < 4.78 is 20.9. The molecule has 1 saturated heterocycles. The number of nitrogens with zero attached hydrogens (tertiary/aromatic N) is 4. The maximum absolute atomic E-state index is 14.5. The van der Waals surface area contributed by atoms with Gasteiger partial charge in [0.15, 0.2) is 17.5 Å². The Balaban J connectivity index is 1.54. The molecule has 0 radical (unpaired) electrons. The average molecular weight is 553 g/mol. The number of aromatic amines is 1. The SMILES string of the molecule is CC(C)NC(=O)N1CCOCC1CNc1nc(-c2c[nH]c3ncc(CI)cc23)ncc1F. The Hall–Kier alpha value is -2.54. The van der Waals surface area contributed by atoms with Crippen LogP contribution in [0.2, 0.25) is 0 Å². The number of fused-ring (bicyclic) bond motifs is 1. The van der Waals surface area contributed by atoms with E-state index >= 15 is 0 Å². The topological polar surface area (TPSA) is 108 Å². The van der Waals surface area contributed by atoms with Gasteiger partial charge < -0.3 is 25.3 Å². The molecule has 170 valence electrons. The first kappa shape index (κ1) is 22.6. The van der Waals surface area contributed by atoms with E-state index in [2.05, 4.69) is 53.2 Å². The lowest BCUT2D eigenvalue weighted by Crippen LogP contribution is -2.55. The van der Waals surface area contributed by atoms with Crippen LogP contribution in [-0.4, -0.2) is 69.3 Å². The Morgan fingerprint density at radius 1 is 1.41 bits per heavy atom. The van der Waals surface area contributed by atoms with Gasteiger partial charge in [0.25, 0.3) is 0 Å². The summed E-state index contributed by atoms with van der Waals surface area (Å²) in [6.45, 7) is 5.43. The van der Waals surface area contributed by atoms with Crippen LogP contribution in [0, 0.1) is 5.82 Å². The Morgan fingerprint density at radius 3 is 3.03 bits per heavy atom. The minimum Gasteiger partial charge on any atom is -0.377 e. The lowest BCUT2D eigenvalue weighted by atomic mass is 10.1. The van der Waals surface area contributed by atoms with Crippen LogP contribution in [0.1, 0.15) is 19.4 Å². The van der Waals surface area contributed by atoms with Crippen LogP contribution in [0.15, 0.2) is 24.7 Å². The van der Waals surface area contributed by atoms with Crippen molar-refractivity contribution in [2.24, 2.45) is 0 Å². The molecule has 0 saturated carbocycles. The fourth-order valence-corrected chi connectivity index (χ4v) is 3.98. The highest BCUT2D eigenvalue weighted by Crippen LogP contribution is 2.27. The second-order valence-corrected chi connectivity index (χ2v) is 8.64. The summed E-state index contributed by atoms with van der Waals surface area (Å²) in [5, 5.41) is 6.82. The third-order valence-electron chi connectivity index (χ3n) is 5.13. The summed E-state index contributed by atoms with van der Waals surface area (Å²) in [6.07, 6.45) is 4.75. The minimum absolute atomic E-state index is 0.0270. The van der Waals surface area contributed by atoms with Crippen LogP contribution >= 0.6 is 22.6 Å². The second-order valence-electron chi connectivity index (χ2n) is 7.87. The molecule has 9 nitrogen and oxygen atoms in total. The molecular formula is C21H25FIN7O2. The monoisotopic (exact) mass is 553 g/mol. The zero-order valence-corrected chi connectivity index (χ0v) is 20.0. The molecule has 11 heteroatoms. The van der Waals surface area contributed by atoms with E-state index in [1.54, 1.807) is 11.1 Å². The zero-order valence-electron chi connectivity index (χ0n) is 17.9. The number of H-pyrrole nitrogens is 1. The van der Waals surface area contributed by atoms with Gasteiger partial charge in [-0.2, -0.15) is 0 Å². The summed E-state index contributed by atoms with van der Waals surface area (Å²) in [5.41, 5.74) is 2.56. The number of pyridine rings is 1.